The first-order valence-corrected chi connectivity index (χ1v) is 8.95. The SMILES string of the molecule is COc1ccccc1CCC(=O)N1C[C@@H](Cc2cc(C)no2)[C@@H](OC)C1. The number of benzene rings is 1. The Balaban J connectivity index is 1.57. The molecule has 0 bridgehead atoms. The molecule has 6 nitrogen and oxygen atoms in total. The molecular weight excluding hydrogens is 332 g/mol. The van der Waals surface area contributed by atoms with Crippen LogP contribution in [0, 0.1) is 12.8 Å². The lowest BCUT2D eigenvalue weighted by atomic mass is 10.0. The van der Waals surface area contributed by atoms with Crippen molar-refractivity contribution in [2.45, 2.75) is 32.3 Å². The van der Waals surface area contributed by atoms with Crippen molar-refractivity contribution in [3.8, 4) is 5.75 Å². The second-order valence-electron chi connectivity index (χ2n) is 6.78. The molecule has 0 saturated carbocycles. The van der Waals surface area contributed by atoms with Crippen LogP contribution in [0.1, 0.15) is 23.4 Å². The van der Waals surface area contributed by atoms with Crippen molar-refractivity contribution < 1.29 is 18.8 Å². The molecule has 6 heteroatoms. The summed E-state index contributed by atoms with van der Waals surface area (Å²) >= 11 is 0. The Morgan fingerprint density at radius 1 is 1.31 bits per heavy atom. The smallest absolute Gasteiger partial charge is 0.223 e. The van der Waals surface area contributed by atoms with Crippen molar-refractivity contribution in [3.05, 3.63) is 47.3 Å². The molecule has 0 N–H and O–H groups in total. The molecule has 0 radical (unpaired) electrons. The standard InChI is InChI=1S/C20H26N2O4/c1-14-10-17(26-21-14)11-16-12-22(13-19(16)25-3)20(23)9-8-15-6-4-5-7-18(15)24-2/h4-7,10,16,19H,8-9,11-13H2,1-3H3/t16-,19+/m1/s1. The van der Waals surface area contributed by atoms with E-state index in [-0.39, 0.29) is 17.9 Å². The molecule has 0 spiro atoms. The van der Waals surface area contributed by atoms with Crippen molar-refractivity contribution in [1.29, 1.82) is 0 Å². The van der Waals surface area contributed by atoms with Gasteiger partial charge in [0, 0.05) is 45.0 Å². The fourth-order valence-electron chi connectivity index (χ4n) is 3.59. The van der Waals surface area contributed by atoms with E-state index in [4.69, 9.17) is 14.0 Å². The van der Waals surface area contributed by atoms with Crippen molar-refractivity contribution >= 4 is 5.91 Å². The Hall–Kier alpha value is -2.34. The molecule has 1 aliphatic rings. The van der Waals surface area contributed by atoms with Crippen LogP contribution >= 0.6 is 0 Å². The maximum Gasteiger partial charge on any atom is 0.223 e. The number of ether oxygens (including phenoxy) is 2. The third-order valence-corrected chi connectivity index (χ3v) is 4.98. The zero-order valence-corrected chi connectivity index (χ0v) is 15.6. The van der Waals surface area contributed by atoms with Gasteiger partial charge in [0.25, 0.3) is 0 Å². The van der Waals surface area contributed by atoms with Crippen LogP contribution in [0.15, 0.2) is 34.9 Å². The highest BCUT2D eigenvalue weighted by molar-refractivity contribution is 5.77. The predicted molar refractivity (Wildman–Crippen MR) is 97.1 cm³/mol. The lowest BCUT2D eigenvalue weighted by molar-refractivity contribution is -0.130. The lowest BCUT2D eigenvalue weighted by Crippen LogP contribution is -2.30. The second-order valence-corrected chi connectivity index (χ2v) is 6.78. The van der Waals surface area contributed by atoms with Crippen LogP contribution in [0.4, 0.5) is 0 Å². The average Bonchev–Trinajstić information content (AvgIpc) is 3.26. The molecule has 1 aromatic heterocycles. The normalized spacial score (nSPS) is 19.7. The molecule has 2 heterocycles. The third-order valence-electron chi connectivity index (χ3n) is 4.98. The molecule has 1 saturated heterocycles. The molecule has 1 aromatic carbocycles. The van der Waals surface area contributed by atoms with Gasteiger partial charge in [0.2, 0.25) is 5.91 Å². The molecule has 0 aliphatic carbocycles. The molecule has 1 fully saturated rings. The van der Waals surface area contributed by atoms with Gasteiger partial charge in [0.15, 0.2) is 0 Å². The second kappa shape index (κ2) is 8.36. The number of aromatic nitrogens is 1. The van der Waals surface area contributed by atoms with Gasteiger partial charge >= 0.3 is 0 Å². The number of methoxy groups -OCH3 is 2. The van der Waals surface area contributed by atoms with Gasteiger partial charge in [-0.3, -0.25) is 4.79 Å². The van der Waals surface area contributed by atoms with Gasteiger partial charge in [0.05, 0.1) is 18.9 Å². The van der Waals surface area contributed by atoms with Crippen LogP contribution in [0.2, 0.25) is 0 Å². The first-order valence-electron chi connectivity index (χ1n) is 8.95. The minimum atomic E-state index is 0.0237. The highest BCUT2D eigenvalue weighted by atomic mass is 16.5. The molecule has 26 heavy (non-hydrogen) atoms. The van der Waals surface area contributed by atoms with Crippen LogP contribution in [-0.4, -0.2) is 49.4 Å². The molecular formula is C20H26N2O4. The predicted octanol–water partition coefficient (Wildman–Crippen LogP) is 2.64. The van der Waals surface area contributed by atoms with E-state index in [0.29, 0.717) is 25.9 Å². The molecule has 1 aliphatic heterocycles. The fourth-order valence-corrected chi connectivity index (χ4v) is 3.59. The minimum absolute atomic E-state index is 0.0237. The third kappa shape index (κ3) is 4.25. The Bertz CT molecular complexity index is 743. The van der Waals surface area contributed by atoms with E-state index in [2.05, 4.69) is 5.16 Å². The number of hydrogen-bond acceptors (Lipinski definition) is 5. The van der Waals surface area contributed by atoms with Crippen LogP contribution in [-0.2, 0) is 22.4 Å². The van der Waals surface area contributed by atoms with Gasteiger partial charge in [-0.05, 0) is 25.0 Å². The largest absolute Gasteiger partial charge is 0.496 e. The maximum absolute atomic E-state index is 12.7. The van der Waals surface area contributed by atoms with Crippen LogP contribution < -0.4 is 4.74 Å². The number of hydrogen-bond donors (Lipinski definition) is 0. The lowest BCUT2D eigenvalue weighted by Gasteiger charge is -2.16. The van der Waals surface area contributed by atoms with Gasteiger partial charge < -0.3 is 18.9 Å². The summed E-state index contributed by atoms with van der Waals surface area (Å²) in [6, 6.07) is 9.77. The first kappa shape index (κ1) is 18.5. The van der Waals surface area contributed by atoms with E-state index < -0.39 is 0 Å². The summed E-state index contributed by atoms with van der Waals surface area (Å²) in [5.74, 6) is 2.05. The van der Waals surface area contributed by atoms with E-state index in [0.717, 1.165) is 29.2 Å². The van der Waals surface area contributed by atoms with Gasteiger partial charge in [-0.2, -0.15) is 0 Å². The topological polar surface area (TPSA) is 64.8 Å². The van der Waals surface area contributed by atoms with E-state index in [9.17, 15) is 4.79 Å². The highest BCUT2D eigenvalue weighted by Crippen LogP contribution is 2.25. The van der Waals surface area contributed by atoms with Gasteiger partial charge in [-0.25, -0.2) is 0 Å². The Morgan fingerprint density at radius 3 is 2.81 bits per heavy atom. The van der Waals surface area contributed by atoms with Crippen LogP contribution in [0.25, 0.3) is 0 Å². The molecule has 0 unspecified atom stereocenters. The summed E-state index contributed by atoms with van der Waals surface area (Å²) in [5.41, 5.74) is 1.93. The molecule has 3 rings (SSSR count). The van der Waals surface area contributed by atoms with Gasteiger partial charge in [-0.15, -0.1) is 0 Å². The quantitative estimate of drug-likeness (QED) is 0.761. The Kier molecular flexibility index (Phi) is 5.93. The fraction of sp³-hybridized carbons (Fsp3) is 0.500. The maximum atomic E-state index is 12.7. The Labute approximate surface area is 154 Å². The zero-order chi connectivity index (χ0) is 18.5. The number of para-hydroxylation sites is 1. The number of carbonyl (C=O) groups excluding carboxylic acids is 1. The monoisotopic (exact) mass is 358 g/mol. The van der Waals surface area contributed by atoms with Gasteiger partial charge in [-0.1, -0.05) is 23.4 Å². The minimum Gasteiger partial charge on any atom is -0.496 e. The summed E-state index contributed by atoms with van der Waals surface area (Å²) in [6.07, 6.45) is 1.89. The first-order chi connectivity index (χ1) is 12.6. The summed E-state index contributed by atoms with van der Waals surface area (Å²) in [5, 5.41) is 3.93. The number of rotatable bonds is 7. The van der Waals surface area contributed by atoms with E-state index >= 15 is 0 Å². The molecule has 1 amide bonds. The molecule has 140 valence electrons. The van der Waals surface area contributed by atoms with Crippen molar-refractivity contribution in [2.24, 2.45) is 5.92 Å². The number of likely N-dealkylation sites (tertiary alicyclic amines) is 1. The highest BCUT2D eigenvalue weighted by Gasteiger charge is 2.35. The molecule has 2 aromatic rings. The van der Waals surface area contributed by atoms with Crippen molar-refractivity contribution in [3.63, 3.8) is 0 Å². The zero-order valence-electron chi connectivity index (χ0n) is 15.6. The van der Waals surface area contributed by atoms with E-state index in [1.165, 1.54) is 0 Å². The number of carbonyl (C=O) groups is 1. The molecule has 2 atom stereocenters. The average molecular weight is 358 g/mol. The van der Waals surface area contributed by atoms with E-state index in [1.54, 1.807) is 14.2 Å². The number of amides is 1. The Morgan fingerprint density at radius 2 is 2.12 bits per heavy atom. The number of nitrogens with zero attached hydrogens (tertiary/aromatic N) is 2. The van der Waals surface area contributed by atoms with Crippen LogP contribution in [0.5, 0.6) is 5.75 Å². The summed E-state index contributed by atoms with van der Waals surface area (Å²) in [4.78, 5) is 14.6. The van der Waals surface area contributed by atoms with Gasteiger partial charge in [0.1, 0.15) is 11.5 Å². The van der Waals surface area contributed by atoms with Crippen molar-refractivity contribution in [2.75, 3.05) is 27.3 Å². The van der Waals surface area contributed by atoms with E-state index in [1.807, 2.05) is 42.2 Å². The summed E-state index contributed by atoms with van der Waals surface area (Å²) in [6.45, 7) is 3.21. The van der Waals surface area contributed by atoms with Crippen molar-refractivity contribution in [1.82, 2.24) is 10.1 Å². The summed E-state index contributed by atoms with van der Waals surface area (Å²) < 4.78 is 16.3. The van der Waals surface area contributed by atoms with Crippen LogP contribution in [0.3, 0.4) is 0 Å². The number of aryl methyl sites for hydroxylation is 2. The summed E-state index contributed by atoms with van der Waals surface area (Å²) in [7, 11) is 3.35.